The van der Waals surface area contributed by atoms with Gasteiger partial charge >= 0.3 is 11.9 Å². The minimum absolute atomic E-state index is 0.0149. The summed E-state index contributed by atoms with van der Waals surface area (Å²) in [6.07, 6.45) is 1.90. The molecule has 1 aromatic carbocycles. The first-order valence-corrected chi connectivity index (χ1v) is 8.93. The Hall–Kier alpha value is -2.83. The van der Waals surface area contributed by atoms with Gasteiger partial charge in [0.1, 0.15) is 5.60 Å². The van der Waals surface area contributed by atoms with Crippen LogP contribution in [0.5, 0.6) is 0 Å². The van der Waals surface area contributed by atoms with Crippen LogP contribution >= 0.6 is 0 Å². The Bertz CT molecular complexity index is 895. The number of benzene rings is 1. The second-order valence-corrected chi connectivity index (χ2v) is 7.94. The minimum atomic E-state index is -1.18. The Morgan fingerprint density at radius 3 is 2.63 bits per heavy atom. The number of carboxylic acids is 1. The highest BCUT2D eigenvalue weighted by Gasteiger charge is 2.58. The first kappa shape index (κ1) is 18.9. The molecule has 1 aliphatic rings. The van der Waals surface area contributed by atoms with Gasteiger partial charge in [0.25, 0.3) is 0 Å². The fourth-order valence-corrected chi connectivity index (χ4v) is 3.51. The van der Waals surface area contributed by atoms with E-state index in [0.717, 1.165) is 16.5 Å². The quantitative estimate of drug-likeness (QED) is 0.599. The molecule has 1 fully saturated rings. The summed E-state index contributed by atoms with van der Waals surface area (Å²) in [5.41, 5.74) is -0.0505. The third-order valence-corrected chi connectivity index (χ3v) is 4.75. The van der Waals surface area contributed by atoms with E-state index in [2.05, 4.69) is 4.98 Å². The molecule has 0 aliphatic carbocycles. The Labute approximate surface area is 157 Å². The molecule has 0 radical (unpaired) electrons. The predicted octanol–water partition coefficient (Wildman–Crippen LogP) is 2.50. The SMILES string of the molecule is CC(C)(C)OC(=O)C1(Cc2c[nH]c3ccccc23)CC(=O)N1CCC(=O)O. The van der Waals surface area contributed by atoms with E-state index in [1.165, 1.54) is 4.90 Å². The zero-order valence-electron chi connectivity index (χ0n) is 15.7. The number of carbonyl (C=O) groups is 3. The lowest BCUT2D eigenvalue weighted by Gasteiger charge is -2.50. The van der Waals surface area contributed by atoms with Gasteiger partial charge in [-0.3, -0.25) is 9.59 Å². The Morgan fingerprint density at radius 2 is 2.00 bits per heavy atom. The van der Waals surface area contributed by atoms with Crippen LogP contribution in [0.3, 0.4) is 0 Å². The fourth-order valence-electron chi connectivity index (χ4n) is 3.51. The van der Waals surface area contributed by atoms with Crippen LogP contribution in [0.15, 0.2) is 30.5 Å². The smallest absolute Gasteiger partial charge is 0.333 e. The highest BCUT2D eigenvalue weighted by Crippen LogP contribution is 2.39. The standard InChI is InChI=1S/C20H24N2O5/c1-19(2,3)27-18(26)20(11-16(23)22(20)9-8-17(24)25)10-13-12-21-15-7-5-4-6-14(13)15/h4-7,12,21H,8-11H2,1-3H3,(H,24,25). The van der Waals surface area contributed by atoms with E-state index in [1.807, 2.05) is 30.5 Å². The number of para-hydroxylation sites is 1. The van der Waals surface area contributed by atoms with E-state index in [-0.39, 0.29) is 31.7 Å². The first-order chi connectivity index (χ1) is 12.6. The number of nitrogens with one attached hydrogen (secondary N) is 1. The third-order valence-electron chi connectivity index (χ3n) is 4.75. The van der Waals surface area contributed by atoms with Gasteiger partial charge in [0, 0.05) is 30.1 Å². The number of aliphatic carboxylic acids is 1. The molecule has 1 aliphatic heterocycles. The van der Waals surface area contributed by atoms with Gasteiger partial charge in [-0.25, -0.2) is 4.79 Å². The molecule has 0 spiro atoms. The number of H-pyrrole nitrogens is 1. The van der Waals surface area contributed by atoms with Gasteiger partial charge in [-0.05, 0) is 32.4 Å². The largest absolute Gasteiger partial charge is 0.481 e. The number of hydrogen-bond donors (Lipinski definition) is 2. The summed E-state index contributed by atoms with van der Waals surface area (Å²) < 4.78 is 5.60. The summed E-state index contributed by atoms with van der Waals surface area (Å²) in [7, 11) is 0. The predicted molar refractivity (Wildman–Crippen MR) is 99.2 cm³/mol. The van der Waals surface area contributed by atoms with Crippen LogP contribution in [0.2, 0.25) is 0 Å². The first-order valence-electron chi connectivity index (χ1n) is 8.93. The van der Waals surface area contributed by atoms with Crippen LogP contribution in [0.25, 0.3) is 10.9 Å². The molecule has 1 unspecified atom stereocenters. The highest BCUT2D eigenvalue weighted by molar-refractivity contribution is 6.00. The third kappa shape index (κ3) is 3.67. The Morgan fingerprint density at radius 1 is 1.30 bits per heavy atom. The number of ether oxygens (including phenoxy) is 1. The average Bonchev–Trinajstić information content (AvgIpc) is 2.95. The maximum Gasteiger partial charge on any atom is 0.333 e. The highest BCUT2D eigenvalue weighted by atomic mass is 16.6. The van der Waals surface area contributed by atoms with Crippen molar-refractivity contribution in [3.8, 4) is 0 Å². The molecule has 2 heterocycles. The number of hydrogen-bond acceptors (Lipinski definition) is 4. The minimum Gasteiger partial charge on any atom is -0.481 e. The van der Waals surface area contributed by atoms with Crippen molar-refractivity contribution in [2.75, 3.05) is 6.54 Å². The van der Waals surface area contributed by atoms with Crippen molar-refractivity contribution in [2.45, 2.75) is 51.2 Å². The number of aromatic amines is 1. The fraction of sp³-hybridized carbons (Fsp3) is 0.450. The topological polar surface area (TPSA) is 99.7 Å². The molecule has 1 aromatic heterocycles. The molecule has 1 saturated heterocycles. The normalized spacial score (nSPS) is 19.8. The van der Waals surface area contributed by atoms with Crippen LogP contribution in [-0.4, -0.2) is 50.5 Å². The lowest BCUT2D eigenvalue weighted by Crippen LogP contribution is -2.70. The molecule has 2 aromatic rings. The number of fused-ring (bicyclic) bond motifs is 1. The summed E-state index contributed by atoms with van der Waals surface area (Å²) >= 11 is 0. The zero-order valence-corrected chi connectivity index (χ0v) is 15.7. The number of amides is 1. The number of likely N-dealkylation sites (tertiary alicyclic amines) is 1. The van der Waals surface area contributed by atoms with Crippen LogP contribution in [0.4, 0.5) is 0 Å². The van der Waals surface area contributed by atoms with Crippen molar-refractivity contribution in [3.05, 3.63) is 36.0 Å². The summed E-state index contributed by atoms with van der Waals surface area (Å²) in [6, 6.07) is 7.71. The van der Waals surface area contributed by atoms with E-state index in [9.17, 15) is 14.4 Å². The van der Waals surface area contributed by atoms with Crippen LogP contribution in [-0.2, 0) is 25.5 Å². The molecular weight excluding hydrogens is 348 g/mol. The summed E-state index contributed by atoms with van der Waals surface area (Å²) in [4.78, 5) is 40.8. The summed E-state index contributed by atoms with van der Waals surface area (Å²) in [6.45, 7) is 5.29. The van der Waals surface area contributed by atoms with E-state index >= 15 is 0 Å². The lowest BCUT2D eigenvalue weighted by atomic mass is 9.78. The summed E-state index contributed by atoms with van der Waals surface area (Å²) in [5.74, 6) is -1.74. The van der Waals surface area contributed by atoms with Crippen molar-refractivity contribution >= 4 is 28.7 Å². The monoisotopic (exact) mass is 372 g/mol. The molecule has 7 heteroatoms. The molecule has 7 nitrogen and oxygen atoms in total. The van der Waals surface area contributed by atoms with E-state index in [0.29, 0.717) is 0 Å². The second-order valence-electron chi connectivity index (χ2n) is 7.94. The van der Waals surface area contributed by atoms with Gasteiger partial charge < -0.3 is 19.7 Å². The van der Waals surface area contributed by atoms with Crippen molar-refractivity contribution < 1.29 is 24.2 Å². The average molecular weight is 372 g/mol. The van der Waals surface area contributed by atoms with E-state index in [4.69, 9.17) is 9.84 Å². The molecule has 3 rings (SSSR count). The molecule has 0 bridgehead atoms. The lowest BCUT2D eigenvalue weighted by molar-refractivity contribution is -0.188. The number of rotatable bonds is 6. The molecule has 27 heavy (non-hydrogen) atoms. The number of carboxylic acid groups (broad SMARTS) is 1. The van der Waals surface area contributed by atoms with Gasteiger partial charge in [-0.1, -0.05) is 18.2 Å². The van der Waals surface area contributed by atoms with Crippen LogP contribution in [0, 0.1) is 0 Å². The number of aromatic nitrogens is 1. The van der Waals surface area contributed by atoms with Gasteiger partial charge in [0.15, 0.2) is 5.54 Å². The molecular formula is C20H24N2O5. The number of nitrogens with zero attached hydrogens (tertiary/aromatic N) is 1. The second kappa shape index (κ2) is 6.72. The van der Waals surface area contributed by atoms with Crippen molar-refractivity contribution in [1.82, 2.24) is 9.88 Å². The van der Waals surface area contributed by atoms with Gasteiger partial charge in [-0.15, -0.1) is 0 Å². The number of esters is 1. The Balaban J connectivity index is 1.96. The summed E-state index contributed by atoms with van der Waals surface area (Å²) in [5, 5.41) is 9.97. The number of carbonyl (C=O) groups excluding carboxylic acids is 2. The maximum atomic E-state index is 13.1. The van der Waals surface area contributed by atoms with Gasteiger partial charge in [0.05, 0.1) is 12.8 Å². The van der Waals surface area contributed by atoms with Crippen LogP contribution in [0.1, 0.15) is 39.2 Å². The van der Waals surface area contributed by atoms with Gasteiger partial charge in [-0.2, -0.15) is 0 Å². The zero-order chi connectivity index (χ0) is 19.8. The molecule has 2 N–H and O–H groups in total. The molecule has 0 saturated carbocycles. The molecule has 144 valence electrons. The van der Waals surface area contributed by atoms with Crippen molar-refractivity contribution in [1.29, 1.82) is 0 Å². The van der Waals surface area contributed by atoms with E-state index in [1.54, 1.807) is 20.8 Å². The van der Waals surface area contributed by atoms with Crippen LogP contribution < -0.4 is 0 Å². The molecule has 1 atom stereocenters. The maximum absolute atomic E-state index is 13.1. The molecule has 1 amide bonds. The van der Waals surface area contributed by atoms with E-state index < -0.39 is 23.1 Å². The van der Waals surface area contributed by atoms with Crippen molar-refractivity contribution in [3.63, 3.8) is 0 Å². The number of β-lactam (4-membered cyclic amide) rings is 1. The van der Waals surface area contributed by atoms with Crippen molar-refractivity contribution in [2.24, 2.45) is 0 Å². The Kier molecular flexibility index (Phi) is 4.71. The van der Waals surface area contributed by atoms with Gasteiger partial charge in [0.2, 0.25) is 5.91 Å².